The zero-order chi connectivity index (χ0) is 24.3. The summed E-state index contributed by atoms with van der Waals surface area (Å²) in [6.45, 7) is 4.59. The smallest absolute Gasteiger partial charge is 0.223 e. The molecule has 35 heavy (non-hydrogen) atoms. The van der Waals surface area contributed by atoms with Gasteiger partial charge >= 0.3 is 0 Å². The first-order chi connectivity index (χ1) is 17.2. The van der Waals surface area contributed by atoms with Crippen molar-refractivity contribution in [1.29, 1.82) is 0 Å². The Labute approximate surface area is 210 Å². The molecule has 1 aromatic heterocycles. The molecule has 1 N–H and O–H groups in total. The number of aromatic nitrogens is 2. The predicted octanol–water partition coefficient (Wildman–Crippen LogP) is 6.61. The molecule has 188 valence electrons. The minimum atomic E-state index is 0.256. The second kappa shape index (κ2) is 13.3. The van der Waals surface area contributed by atoms with E-state index >= 15 is 0 Å². The van der Waals surface area contributed by atoms with Crippen molar-refractivity contribution in [3.8, 4) is 5.75 Å². The van der Waals surface area contributed by atoms with Crippen molar-refractivity contribution in [1.82, 2.24) is 14.9 Å². The Balaban J connectivity index is 1.19. The number of carbonyl (C=O) groups excluding carboxylic acids is 1. The molecule has 2 aromatic carbocycles. The van der Waals surface area contributed by atoms with E-state index in [9.17, 15) is 4.79 Å². The summed E-state index contributed by atoms with van der Waals surface area (Å²) >= 11 is 0. The van der Waals surface area contributed by atoms with E-state index in [0.717, 1.165) is 82.3 Å². The van der Waals surface area contributed by atoms with Crippen LogP contribution in [0.4, 0.5) is 0 Å². The Kier molecular flexibility index (Phi) is 9.62. The van der Waals surface area contributed by atoms with Gasteiger partial charge in [0.1, 0.15) is 11.6 Å². The predicted molar refractivity (Wildman–Crippen MR) is 143 cm³/mol. The lowest BCUT2D eigenvalue weighted by atomic mass is 9.89. The van der Waals surface area contributed by atoms with Crippen LogP contribution in [0, 0.1) is 12.8 Å². The molecule has 0 radical (unpaired) electrons. The largest absolute Gasteiger partial charge is 0.494 e. The highest BCUT2D eigenvalue weighted by Crippen LogP contribution is 2.23. The first-order valence-electron chi connectivity index (χ1n) is 13.6. The number of nitrogens with zero attached hydrogens (tertiary/aromatic N) is 2. The van der Waals surface area contributed by atoms with E-state index in [2.05, 4.69) is 53.2 Å². The van der Waals surface area contributed by atoms with Crippen LogP contribution in [0.2, 0.25) is 0 Å². The Bertz CT molecular complexity index is 1050. The highest BCUT2D eigenvalue weighted by molar-refractivity contribution is 5.78. The fourth-order valence-corrected chi connectivity index (χ4v) is 5.07. The average molecular weight is 476 g/mol. The van der Waals surface area contributed by atoms with Crippen LogP contribution in [0.25, 0.3) is 11.0 Å². The van der Waals surface area contributed by atoms with Gasteiger partial charge in [-0.25, -0.2) is 4.98 Å². The van der Waals surface area contributed by atoms with Crippen molar-refractivity contribution < 1.29 is 9.53 Å². The van der Waals surface area contributed by atoms with Crippen LogP contribution in [0.15, 0.2) is 48.5 Å². The van der Waals surface area contributed by atoms with E-state index in [4.69, 9.17) is 9.72 Å². The van der Waals surface area contributed by atoms with Gasteiger partial charge in [0.2, 0.25) is 5.91 Å². The molecule has 0 aliphatic heterocycles. The summed E-state index contributed by atoms with van der Waals surface area (Å²) in [7, 11) is 0. The topological polar surface area (TPSA) is 56.1 Å². The minimum Gasteiger partial charge on any atom is -0.494 e. The molecule has 1 saturated carbocycles. The Morgan fingerprint density at radius 1 is 0.971 bits per heavy atom. The minimum absolute atomic E-state index is 0.256. The fraction of sp³-hybridized carbons (Fsp3) is 0.533. The highest BCUT2D eigenvalue weighted by Gasteiger charge is 2.20. The summed E-state index contributed by atoms with van der Waals surface area (Å²) in [4.78, 5) is 17.2. The zero-order valence-electron chi connectivity index (χ0n) is 21.3. The molecule has 5 nitrogen and oxygen atoms in total. The molecule has 1 heterocycles. The SMILES string of the molecule is Cc1ccc(OCCCCn2c(CCCCCNC(=O)C3CCCCC3)nc3ccccc32)cc1. The van der Waals surface area contributed by atoms with Crippen molar-refractivity contribution >= 4 is 16.9 Å². The van der Waals surface area contributed by atoms with Crippen LogP contribution in [-0.2, 0) is 17.8 Å². The van der Waals surface area contributed by atoms with Crippen LogP contribution in [-0.4, -0.2) is 28.6 Å². The maximum atomic E-state index is 12.3. The molecule has 5 heteroatoms. The van der Waals surface area contributed by atoms with Gasteiger partial charge in [-0.2, -0.15) is 0 Å². The lowest BCUT2D eigenvalue weighted by Gasteiger charge is -2.20. The summed E-state index contributed by atoms with van der Waals surface area (Å²) in [5.74, 6) is 2.65. The van der Waals surface area contributed by atoms with E-state index in [1.807, 2.05) is 12.1 Å². The Morgan fingerprint density at radius 2 is 1.77 bits per heavy atom. The van der Waals surface area contributed by atoms with E-state index < -0.39 is 0 Å². The van der Waals surface area contributed by atoms with Crippen LogP contribution >= 0.6 is 0 Å². The molecular formula is C30H41N3O2. The van der Waals surface area contributed by atoms with Crippen LogP contribution in [0.1, 0.15) is 75.6 Å². The quantitative estimate of drug-likeness (QED) is 0.283. The summed E-state index contributed by atoms with van der Waals surface area (Å²) in [6, 6.07) is 16.7. The second-order valence-electron chi connectivity index (χ2n) is 9.97. The number of amides is 1. The number of benzene rings is 2. The number of hydrogen-bond acceptors (Lipinski definition) is 3. The summed E-state index contributed by atoms with van der Waals surface area (Å²) in [6.07, 6.45) is 12.1. The van der Waals surface area contributed by atoms with E-state index in [1.165, 1.54) is 36.2 Å². The number of nitrogens with one attached hydrogen (secondary N) is 1. The molecule has 1 amide bonds. The number of fused-ring (bicyclic) bond motifs is 1. The Hall–Kier alpha value is -2.82. The lowest BCUT2D eigenvalue weighted by Crippen LogP contribution is -2.32. The van der Waals surface area contributed by atoms with Crippen molar-refractivity contribution in [2.24, 2.45) is 5.92 Å². The standard InChI is InChI=1S/C30H41N3O2/c1-24-17-19-26(20-18-24)35-23-11-10-22-33-28-15-8-7-14-27(28)32-29(33)16-6-3-9-21-31-30(34)25-12-4-2-5-13-25/h7-8,14-15,17-20,25H,2-6,9-13,16,21-23H2,1H3,(H,31,34). The number of hydrogen-bond donors (Lipinski definition) is 1. The number of rotatable bonds is 13. The summed E-state index contributed by atoms with van der Waals surface area (Å²) < 4.78 is 8.30. The number of carbonyl (C=O) groups is 1. The Morgan fingerprint density at radius 3 is 2.60 bits per heavy atom. The van der Waals surface area contributed by atoms with Gasteiger partial charge < -0.3 is 14.6 Å². The number of ether oxygens (including phenoxy) is 1. The van der Waals surface area contributed by atoms with Gasteiger partial charge in [-0.15, -0.1) is 0 Å². The molecule has 1 aliphatic carbocycles. The molecule has 3 aromatic rings. The number of aryl methyl sites for hydroxylation is 3. The van der Waals surface area contributed by atoms with Gasteiger partial charge in [-0.3, -0.25) is 4.79 Å². The highest BCUT2D eigenvalue weighted by atomic mass is 16.5. The number of unbranched alkanes of at least 4 members (excludes halogenated alkanes) is 3. The molecule has 0 atom stereocenters. The maximum absolute atomic E-state index is 12.3. The first kappa shape index (κ1) is 25.3. The van der Waals surface area contributed by atoms with Crippen molar-refractivity contribution in [2.45, 2.75) is 84.1 Å². The summed E-state index contributed by atoms with van der Waals surface area (Å²) in [5.41, 5.74) is 3.56. The normalized spacial score (nSPS) is 14.3. The number of imidazole rings is 1. The van der Waals surface area contributed by atoms with E-state index in [-0.39, 0.29) is 11.8 Å². The third-order valence-corrected chi connectivity index (χ3v) is 7.15. The molecular weight excluding hydrogens is 434 g/mol. The zero-order valence-corrected chi connectivity index (χ0v) is 21.3. The third kappa shape index (κ3) is 7.58. The van der Waals surface area contributed by atoms with Gasteiger partial charge in [-0.1, -0.05) is 55.5 Å². The van der Waals surface area contributed by atoms with Crippen LogP contribution < -0.4 is 10.1 Å². The van der Waals surface area contributed by atoms with Crippen molar-refractivity contribution in [3.05, 3.63) is 59.9 Å². The lowest BCUT2D eigenvalue weighted by molar-refractivity contribution is -0.125. The van der Waals surface area contributed by atoms with Crippen LogP contribution in [0.3, 0.4) is 0 Å². The fourth-order valence-electron chi connectivity index (χ4n) is 5.07. The van der Waals surface area contributed by atoms with Crippen molar-refractivity contribution in [2.75, 3.05) is 13.2 Å². The van der Waals surface area contributed by atoms with Crippen molar-refractivity contribution in [3.63, 3.8) is 0 Å². The van der Waals surface area contributed by atoms with Gasteiger partial charge in [0.05, 0.1) is 17.6 Å². The monoisotopic (exact) mass is 475 g/mol. The maximum Gasteiger partial charge on any atom is 0.223 e. The van der Waals surface area contributed by atoms with Gasteiger partial charge in [0.25, 0.3) is 0 Å². The summed E-state index contributed by atoms with van der Waals surface area (Å²) in [5, 5.41) is 3.17. The second-order valence-corrected chi connectivity index (χ2v) is 9.97. The average Bonchev–Trinajstić information content (AvgIpc) is 3.24. The van der Waals surface area contributed by atoms with Gasteiger partial charge in [0.15, 0.2) is 0 Å². The molecule has 0 bridgehead atoms. The molecule has 4 rings (SSSR count). The van der Waals surface area contributed by atoms with Crippen LogP contribution in [0.5, 0.6) is 5.75 Å². The number of para-hydroxylation sites is 2. The van der Waals surface area contributed by atoms with Gasteiger partial charge in [0, 0.05) is 25.4 Å². The molecule has 0 saturated heterocycles. The van der Waals surface area contributed by atoms with E-state index in [1.54, 1.807) is 0 Å². The molecule has 0 spiro atoms. The first-order valence-corrected chi connectivity index (χ1v) is 13.6. The molecule has 1 aliphatic rings. The van der Waals surface area contributed by atoms with E-state index in [0.29, 0.717) is 0 Å². The third-order valence-electron chi connectivity index (χ3n) is 7.15. The molecule has 0 unspecified atom stereocenters. The van der Waals surface area contributed by atoms with Gasteiger partial charge in [-0.05, 0) is 69.7 Å². The molecule has 1 fully saturated rings.